The molecule has 0 bridgehead atoms. The molecule has 1 N–H and O–H groups in total. The van der Waals surface area contributed by atoms with Crippen molar-refractivity contribution in [1.29, 1.82) is 0 Å². The molecule has 0 aliphatic carbocycles. The molecule has 1 aromatic heterocycles. The number of hydrogen-bond acceptors (Lipinski definition) is 4. The molecule has 37 heavy (non-hydrogen) atoms. The lowest BCUT2D eigenvalue weighted by atomic mass is 10.00. The third-order valence-corrected chi connectivity index (χ3v) is 7.37. The molecule has 1 aliphatic rings. The van der Waals surface area contributed by atoms with Crippen LogP contribution in [0.15, 0.2) is 88.5 Å². The van der Waals surface area contributed by atoms with Gasteiger partial charge in [-0.05, 0) is 61.6 Å². The lowest BCUT2D eigenvalue weighted by molar-refractivity contribution is -0.0271. The maximum absolute atomic E-state index is 12.4. The SMILES string of the molecule is O=c1[nH]c(=O)n(CCCCN2CCC(OC(c3ccccc3)c3ccccc3)CC2)c2cc(Cl)ccc12. The van der Waals surface area contributed by atoms with Crippen molar-refractivity contribution in [3.8, 4) is 0 Å². The number of aryl methyl sites for hydroxylation is 1. The third kappa shape index (κ3) is 6.21. The molecule has 5 rings (SSSR count). The minimum absolute atomic E-state index is 0.0575. The molecule has 6 nitrogen and oxygen atoms in total. The number of benzene rings is 3. The van der Waals surface area contributed by atoms with Crippen LogP contribution < -0.4 is 11.2 Å². The maximum atomic E-state index is 12.4. The van der Waals surface area contributed by atoms with Gasteiger partial charge in [0.15, 0.2) is 0 Å². The molecule has 0 amide bonds. The summed E-state index contributed by atoms with van der Waals surface area (Å²) < 4.78 is 8.29. The number of fused-ring (bicyclic) bond motifs is 1. The van der Waals surface area contributed by atoms with Crippen molar-refractivity contribution in [3.63, 3.8) is 0 Å². The van der Waals surface area contributed by atoms with Crippen molar-refractivity contribution in [2.45, 2.75) is 44.4 Å². The predicted octanol–water partition coefficient (Wildman–Crippen LogP) is 5.39. The lowest BCUT2D eigenvalue weighted by Crippen LogP contribution is -2.38. The number of ether oxygens (including phenoxy) is 1. The van der Waals surface area contributed by atoms with Crippen molar-refractivity contribution in [3.05, 3.63) is 116 Å². The van der Waals surface area contributed by atoms with E-state index in [4.69, 9.17) is 16.3 Å². The molecule has 1 aliphatic heterocycles. The third-order valence-electron chi connectivity index (χ3n) is 7.13. The lowest BCUT2D eigenvalue weighted by Gasteiger charge is -2.34. The summed E-state index contributed by atoms with van der Waals surface area (Å²) >= 11 is 6.13. The molecule has 4 aromatic rings. The second-order valence-corrected chi connectivity index (χ2v) is 10.1. The van der Waals surface area contributed by atoms with E-state index >= 15 is 0 Å². The molecule has 2 heterocycles. The highest BCUT2D eigenvalue weighted by Gasteiger charge is 2.24. The summed E-state index contributed by atoms with van der Waals surface area (Å²) in [6.07, 6.45) is 3.97. The second kappa shape index (κ2) is 11.9. The van der Waals surface area contributed by atoms with Crippen LogP contribution in [0.3, 0.4) is 0 Å². The summed E-state index contributed by atoms with van der Waals surface area (Å²) in [6, 6.07) is 25.9. The van der Waals surface area contributed by atoms with Gasteiger partial charge in [-0.3, -0.25) is 14.3 Å². The summed E-state index contributed by atoms with van der Waals surface area (Å²) in [6.45, 7) is 3.52. The van der Waals surface area contributed by atoms with Crippen LogP contribution in [0.25, 0.3) is 10.9 Å². The molecule has 1 fully saturated rings. The largest absolute Gasteiger partial charge is 0.365 e. The number of likely N-dealkylation sites (tertiary alicyclic amines) is 1. The van der Waals surface area contributed by atoms with E-state index < -0.39 is 0 Å². The Morgan fingerprint density at radius 1 is 0.865 bits per heavy atom. The zero-order valence-corrected chi connectivity index (χ0v) is 21.6. The number of H-pyrrole nitrogens is 1. The highest BCUT2D eigenvalue weighted by molar-refractivity contribution is 6.31. The highest BCUT2D eigenvalue weighted by Crippen LogP contribution is 2.30. The Hall–Kier alpha value is -3.19. The van der Waals surface area contributed by atoms with Crippen LogP contribution in [0.5, 0.6) is 0 Å². The molecule has 3 aromatic carbocycles. The van der Waals surface area contributed by atoms with Gasteiger partial charge in [-0.1, -0.05) is 72.3 Å². The smallest absolute Gasteiger partial charge is 0.328 e. The van der Waals surface area contributed by atoms with Gasteiger partial charge in [0, 0.05) is 24.7 Å². The van der Waals surface area contributed by atoms with Crippen LogP contribution in [-0.4, -0.2) is 40.2 Å². The van der Waals surface area contributed by atoms with Crippen LogP contribution in [0.4, 0.5) is 0 Å². The van der Waals surface area contributed by atoms with Gasteiger partial charge in [-0.15, -0.1) is 0 Å². The van der Waals surface area contributed by atoms with Gasteiger partial charge in [0.25, 0.3) is 5.56 Å². The Morgan fingerprint density at radius 3 is 2.14 bits per heavy atom. The van der Waals surface area contributed by atoms with Crippen molar-refractivity contribution in [2.75, 3.05) is 19.6 Å². The van der Waals surface area contributed by atoms with E-state index in [-0.39, 0.29) is 23.5 Å². The summed E-state index contributed by atoms with van der Waals surface area (Å²) in [5.41, 5.74) is 2.19. The number of aromatic amines is 1. The summed E-state index contributed by atoms with van der Waals surface area (Å²) in [5, 5.41) is 0.994. The molecule has 0 unspecified atom stereocenters. The Morgan fingerprint density at radius 2 is 1.49 bits per heavy atom. The van der Waals surface area contributed by atoms with Gasteiger partial charge in [0.05, 0.1) is 17.0 Å². The minimum atomic E-state index is -0.385. The van der Waals surface area contributed by atoms with Gasteiger partial charge >= 0.3 is 5.69 Å². The zero-order chi connectivity index (χ0) is 25.6. The van der Waals surface area contributed by atoms with E-state index in [2.05, 4.69) is 58.4 Å². The molecule has 192 valence electrons. The molecule has 0 spiro atoms. The van der Waals surface area contributed by atoms with E-state index in [1.54, 1.807) is 22.8 Å². The van der Waals surface area contributed by atoms with Crippen molar-refractivity contribution in [1.82, 2.24) is 14.5 Å². The zero-order valence-electron chi connectivity index (χ0n) is 20.8. The number of rotatable bonds is 9. The molecular weight excluding hydrogens is 486 g/mol. The van der Waals surface area contributed by atoms with Crippen molar-refractivity contribution in [2.24, 2.45) is 0 Å². The maximum Gasteiger partial charge on any atom is 0.328 e. The first-order chi connectivity index (χ1) is 18.1. The van der Waals surface area contributed by atoms with Gasteiger partial charge in [0.1, 0.15) is 6.10 Å². The fourth-order valence-electron chi connectivity index (χ4n) is 5.16. The van der Waals surface area contributed by atoms with Crippen LogP contribution in [0.1, 0.15) is 42.9 Å². The average molecular weight is 518 g/mol. The van der Waals surface area contributed by atoms with Crippen LogP contribution in [-0.2, 0) is 11.3 Å². The summed E-state index contributed by atoms with van der Waals surface area (Å²) in [5.74, 6) is 0. The Bertz CT molecular complexity index is 1390. The van der Waals surface area contributed by atoms with Crippen LogP contribution in [0, 0.1) is 0 Å². The normalized spacial score (nSPS) is 15.0. The molecule has 7 heteroatoms. The number of piperidine rings is 1. The predicted molar refractivity (Wildman–Crippen MR) is 148 cm³/mol. The standard InChI is InChI=1S/C30H32ClN3O3/c31-24-13-14-26-27(21-24)34(30(36)32-29(26)35)18-8-7-17-33-19-15-25(16-20-33)37-28(22-9-3-1-4-10-22)23-11-5-2-6-12-23/h1-6,9-14,21,25,28H,7-8,15-20H2,(H,32,35,36). The van der Waals surface area contributed by atoms with E-state index in [1.807, 2.05) is 12.1 Å². The number of nitrogens with one attached hydrogen (secondary N) is 1. The minimum Gasteiger partial charge on any atom is -0.365 e. The number of aromatic nitrogens is 2. The first-order valence-electron chi connectivity index (χ1n) is 13.0. The van der Waals surface area contributed by atoms with Crippen molar-refractivity contribution >= 4 is 22.5 Å². The van der Waals surface area contributed by atoms with Crippen molar-refractivity contribution < 1.29 is 4.74 Å². The van der Waals surface area contributed by atoms with E-state index in [1.165, 1.54) is 11.1 Å². The van der Waals surface area contributed by atoms with Gasteiger partial charge in [-0.25, -0.2) is 4.79 Å². The van der Waals surface area contributed by atoms with E-state index in [9.17, 15) is 9.59 Å². The molecule has 1 saturated heterocycles. The number of halogens is 1. The van der Waals surface area contributed by atoms with Gasteiger partial charge in [0.2, 0.25) is 0 Å². The second-order valence-electron chi connectivity index (χ2n) is 9.66. The topological polar surface area (TPSA) is 67.3 Å². The summed E-state index contributed by atoms with van der Waals surface area (Å²) in [7, 11) is 0. The Kier molecular flexibility index (Phi) is 8.19. The number of hydrogen-bond donors (Lipinski definition) is 1. The fourth-order valence-corrected chi connectivity index (χ4v) is 5.32. The Balaban J connectivity index is 1.13. The number of nitrogens with zero attached hydrogens (tertiary/aromatic N) is 2. The first-order valence-corrected chi connectivity index (χ1v) is 13.4. The molecule has 0 saturated carbocycles. The van der Waals surface area contributed by atoms with Gasteiger partial charge in [-0.2, -0.15) is 0 Å². The highest BCUT2D eigenvalue weighted by atomic mass is 35.5. The molecular formula is C30H32ClN3O3. The summed E-state index contributed by atoms with van der Waals surface area (Å²) in [4.78, 5) is 29.5. The van der Waals surface area contributed by atoms with Gasteiger partial charge < -0.3 is 9.64 Å². The van der Waals surface area contributed by atoms with E-state index in [0.29, 0.717) is 22.5 Å². The molecule has 0 radical (unpaired) electrons. The fraction of sp³-hybridized carbons (Fsp3) is 0.333. The Labute approximate surface area is 221 Å². The van der Waals surface area contributed by atoms with Crippen LogP contribution in [0.2, 0.25) is 5.02 Å². The van der Waals surface area contributed by atoms with Crippen LogP contribution >= 0.6 is 11.6 Å². The molecule has 0 atom stereocenters. The average Bonchev–Trinajstić information content (AvgIpc) is 2.92. The quantitative estimate of drug-likeness (QED) is 0.302. The first kappa shape index (κ1) is 25.5. The number of unbranched alkanes of at least 4 members (excludes halogenated alkanes) is 1. The van der Waals surface area contributed by atoms with E-state index in [0.717, 1.165) is 45.3 Å². The monoisotopic (exact) mass is 517 g/mol.